The van der Waals surface area contributed by atoms with Gasteiger partial charge < -0.3 is 0 Å². The van der Waals surface area contributed by atoms with Crippen LogP contribution >= 0.6 is 11.8 Å². The number of thioether (sulfide) groups is 1. The number of hydrogen-bond donors (Lipinski definition) is 0. The van der Waals surface area contributed by atoms with E-state index >= 15 is 0 Å². The predicted octanol–water partition coefficient (Wildman–Crippen LogP) is 3.87. The molecule has 0 amide bonds. The molecule has 0 aromatic heterocycles. The van der Waals surface area contributed by atoms with Gasteiger partial charge in [-0.15, -0.1) is 0 Å². The molecule has 0 fully saturated rings. The third kappa shape index (κ3) is 7.12. The van der Waals surface area contributed by atoms with Gasteiger partial charge in [0.1, 0.15) is 0 Å². The molecule has 0 spiro atoms. The molecule has 1 atom stereocenters. The summed E-state index contributed by atoms with van der Waals surface area (Å²) < 4.78 is 0. The normalized spacial score (nSPS) is 12.8. The standard InChI is InChI=1S/C11H22OS/c1-4-6-8-10(3)11(12)13-9-7-5-2/h10H,4-9H2,1-3H3. The highest BCUT2D eigenvalue weighted by Crippen LogP contribution is 2.17. The summed E-state index contributed by atoms with van der Waals surface area (Å²) in [6.45, 7) is 6.38. The summed E-state index contributed by atoms with van der Waals surface area (Å²) in [5.41, 5.74) is 0. The Morgan fingerprint density at radius 1 is 1.23 bits per heavy atom. The molecule has 0 saturated heterocycles. The Labute approximate surface area is 86.7 Å². The molecule has 0 aromatic rings. The highest BCUT2D eigenvalue weighted by atomic mass is 32.2. The summed E-state index contributed by atoms with van der Waals surface area (Å²) in [7, 11) is 0. The van der Waals surface area contributed by atoms with Gasteiger partial charge in [0.2, 0.25) is 0 Å². The molecular weight excluding hydrogens is 180 g/mol. The van der Waals surface area contributed by atoms with Crippen molar-refractivity contribution in [2.75, 3.05) is 5.75 Å². The Hall–Kier alpha value is 0.0200. The molecule has 0 aliphatic carbocycles. The number of unbranched alkanes of at least 4 members (excludes halogenated alkanes) is 2. The van der Waals surface area contributed by atoms with E-state index in [-0.39, 0.29) is 5.92 Å². The Morgan fingerprint density at radius 2 is 1.85 bits per heavy atom. The number of hydrogen-bond acceptors (Lipinski definition) is 2. The monoisotopic (exact) mass is 202 g/mol. The molecule has 78 valence electrons. The molecule has 13 heavy (non-hydrogen) atoms. The Kier molecular flexibility index (Phi) is 8.62. The van der Waals surface area contributed by atoms with E-state index in [1.54, 1.807) is 0 Å². The summed E-state index contributed by atoms with van der Waals surface area (Å²) >= 11 is 1.52. The first-order chi connectivity index (χ1) is 6.22. The van der Waals surface area contributed by atoms with E-state index in [0.29, 0.717) is 5.12 Å². The van der Waals surface area contributed by atoms with Crippen LogP contribution in [-0.2, 0) is 4.79 Å². The maximum absolute atomic E-state index is 11.5. The van der Waals surface area contributed by atoms with E-state index < -0.39 is 0 Å². The van der Waals surface area contributed by atoms with Crippen molar-refractivity contribution in [2.24, 2.45) is 5.92 Å². The Balaban J connectivity index is 3.45. The summed E-state index contributed by atoms with van der Waals surface area (Å²) in [6.07, 6.45) is 5.79. The fourth-order valence-electron chi connectivity index (χ4n) is 1.09. The van der Waals surface area contributed by atoms with E-state index in [1.807, 2.05) is 0 Å². The van der Waals surface area contributed by atoms with Crippen LogP contribution in [0.3, 0.4) is 0 Å². The molecule has 1 nitrogen and oxygen atoms in total. The molecule has 0 rings (SSSR count). The van der Waals surface area contributed by atoms with Crippen LogP contribution in [0, 0.1) is 5.92 Å². The molecule has 2 heteroatoms. The van der Waals surface area contributed by atoms with Gasteiger partial charge in [-0.25, -0.2) is 0 Å². The lowest BCUT2D eigenvalue weighted by molar-refractivity contribution is -0.114. The second kappa shape index (κ2) is 8.61. The van der Waals surface area contributed by atoms with Gasteiger partial charge >= 0.3 is 0 Å². The lowest BCUT2D eigenvalue weighted by Crippen LogP contribution is -2.07. The van der Waals surface area contributed by atoms with E-state index in [0.717, 1.165) is 18.6 Å². The molecule has 0 radical (unpaired) electrons. The van der Waals surface area contributed by atoms with Gasteiger partial charge in [0.15, 0.2) is 5.12 Å². The van der Waals surface area contributed by atoms with Crippen LogP contribution in [-0.4, -0.2) is 10.9 Å². The molecule has 0 heterocycles. The van der Waals surface area contributed by atoms with Crippen LogP contribution in [0.1, 0.15) is 52.9 Å². The summed E-state index contributed by atoms with van der Waals surface area (Å²) in [5.74, 6) is 1.27. The minimum Gasteiger partial charge on any atom is -0.287 e. The predicted molar refractivity (Wildman–Crippen MR) is 61.1 cm³/mol. The molecule has 0 aliphatic rings. The molecular formula is C11H22OS. The highest BCUT2D eigenvalue weighted by molar-refractivity contribution is 8.13. The van der Waals surface area contributed by atoms with Gasteiger partial charge in [0.05, 0.1) is 0 Å². The fourth-order valence-corrected chi connectivity index (χ4v) is 2.12. The average Bonchev–Trinajstić information content (AvgIpc) is 2.14. The van der Waals surface area contributed by atoms with E-state index in [1.165, 1.54) is 31.0 Å². The number of carbonyl (C=O) groups excluding carboxylic acids is 1. The first-order valence-corrected chi connectivity index (χ1v) is 6.37. The van der Waals surface area contributed by atoms with E-state index in [2.05, 4.69) is 20.8 Å². The maximum Gasteiger partial charge on any atom is 0.191 e. The lowest BCUT2D eigenvalue weighted by Gasteiger charge is -2.08. The number of rotatable bonds is 7. The summed E-state index contributed by atoms with van der Waals surface area (Å²) in [4.78, 5) is 11.5. The second-order valence-electron chi connectivity index (χ2n) is 3.56. The Morgan fingerprint density at radius 3 is 2.38 bits per heavy atom. The van der Waals surface area contributed by atoms with Crippen molar-refractivity contribution in [1.29, 1.82) is 0 Å². The SMILES string of the molecule is CCCCSC(=O)C(C)CCCC. The highest BCUT2D eigenvalue weighted by Gasteiger charge is 2.11. The van der Waals surface area contributed by atoms with Crippen molar-refractivity contribution >= 4 is 16.9 Å². The first-order valence-electron chi connectivity index (χ1n) is 5.39. The largest absolute Gasteiger partial charge is 0.287 e. The average molecular weight is 202 g/mol. The fraction of sp³-hybridized carbons (Fsp3) is 0.909. The third-order valence-corrected chi connectivity index (χ3v) is 3.31. The minimum absolute atomic E-state index is 0.266. The van der Waals surface area contributed by atoms with Crippen LogP contribution in [0.2, 0.25) is 0 Å². The van der Waals surface area contributed by atoms with Crippen molar-refractivity contribution in [3.63, 3.8) is 0 Å². The van der Waals surface area contributed by atoms with E-state index in [9.17, 15) is 4.79 Å². The van der Waals surface area contributed by atoms with Crippen molar-refractivity contribution < 1.29 is 4.79 Å². The van der Waals surface area contributed by atoms with Gasteiger partial charge in [-0.2, -0.15) is 0 Å². The first kappa shape index (κ1) is 13.0. The van der Waals surface area contributed by atoms with Crippen LogP contribution in [0.5, 0.6) is 0 Å². The Bertz CT molecular complexity index is 134. The van der Waals surface area contributed by atoms with Gasteiger partial charge in [-0.05, 0) is 12.8 Å². The molecule has 1 unspecified atom stereocenters. The third-order valence-electron chi connectivity index (χ3n) is 2.14. The van der Waals surface area contributed by atoms with Crippen LogP contribution in [0.4, 0.5) is 0 Å². The smallest absolute Gasteiger partial charge is 0.191 e. The van der Waals surface area contributed by atoms with Crippen molar-refractivity contribution in [1.82, 2.24) is 0 Å². The quantitative estimate of drug-likeness (QED) is 0.583. The zero-order chi connectivity index (χ0) is 10.1. The zero-order valence-electron chi connectivity index (χ0n) is 9.14. The van der Waals surface area contributed by atoms with Crippen LogP contribution in [0.15, 0.2) is 0 Å². The lowest BCUT2D eigenvalue weighted by atomic mass is 10.1. The summed E-state index contributed by atoms with van der Waals surface area (Å²) in [5, 5.41) is 0.391. The van der Waals surface area contributed by atoms with Crippen molar-refractivity contribution in [3.05, 3.63) is 0 Å². The summed E-state index contributed by atoms with van der Waals surface area (Å²) in [6, 6.07) is 0. The molecule has 0 saturated carbocycles. The van der Waals surface area contributed by atoms with E-state index in [4.69, 9.17) is 0 Å². The van der Waals surface area contributed by atoms with Gasteiger partial charge in [0.25, 0.3) is 0 Å². The zero-order valence-corrected chi connectivity index (χ0v) is 9.95. The van der Waals surface area contributed by atoms with Crippen LogP contribution in [0.25, 0.3) is 0 Å². The van der Waals surface area contributed by atoms with Gasteiger partial charge in [0, 0.05) is 11.7 Å². The molecule has 0 aliphatic heterocycles. The maximum atomic E-state index is 11.5. The van der Waals surface area contributed by atoms with Crippen molar-refractivity contribution in [3.8, 4) is 0 Å². The molecule has 0 aromatic carbocycles. The topological polar surface area (TPSA) is 17.1 Å². The van der Waals surface area contributed by atoms with Gasteiger partial charge in [-0.3, -0.25) is 4.79 Å². The molecule has 0 N–H and O–H groups in total. The minimum atomic E-state index is 0.266. The number of carbonyl (C=O) groups is 1. The van der Waals surface area contributed by atoms with Gasteiger partial charge in [-0.1, -0.05) is 51.8 Å². The molecule has 0 bridgehead atoms. The van der Waals surface area contributed by atoms with Crippen molar-refractivity contribution in [2.45, 2.75) is 52.9 Å². The van der Waals surface area contributed by atoms with Crippen LogP contribution < -0.4 is 0 Å². The second-order valence-corrected chi connectivity index (χ2v) is 4.66.